The first kappa shape index (κ1) is 12.8. The number of aliphatic carboxylic acids is 1. The molecule has 0 bridgehead atoms. The highest BCUT2D eigenvalue weighted by molar-refractivity contribution is 6.31. The van der Waals surface area contributed by atoms with Crippen molar-refractivity contribution >= 4 is 17.6 Å². The number of alkyl halides is 3. The Morgan fingerprint density at radius 3 is 2.38 bits per heavy atom. The van der Waals surface area contributed by atoms with Crippen molar-refractivity contribution in [3.63, 3.8) is 0 Å². The van der Waals surface area contributed by atoms with Crippen LogP contribution in [0.4, 0.5) is 17.6 Å². The van der Waals surface area contributed by atoms with E-state index in [1.807, 2.05) is 0 Å². The topological polar surface area (TPSA) is 37.3 Å². The SMILES string of the molecule is O=C(O)Cc1c(Cl)cc(F)cc1C(F)(F)F. The number of rotatable bonds is 2. The lowest BCUT2D eigenvalue weighted by atomic mass is 10.0. The van der Waals surface area contributed by atoms with Gasteiger partial charge in [0.2, 0.25) is 0 Å². The Hall–Kier alpha value is -1.30. The van der Waals surface area contributed by atoms with Gasteiger partial charge in [-0.1, -0.05) is 11.6 Å². The summed E-state index contributed by atoms with van der Waals surface area (Å²) in [7, 11) is 0. The Morgan fingerprint density at radius 2 is 1.94 bits per heavy atom. The van der Waals surface area contributed by atoms with E-state index in [1.165, 1.54) is 0 Å². The molecule has 0 aliphatic rings. The van der Waals surface area contributed by atoms with Crippen LogP contribution in [0.1, 0.15) is 11.1 Å². The Morgan fingerprint density at radius 1 is 1.38 bits per heavy atom. The van der Waals surface area contributed by atoms with Gasteiger partial charge in [-0.05, 0) is 17.7 Å². The summed E-state index contributed by atoms with van der Waals surface area (Å²) in [6.45, 7) is 0. The van der Waals surface area contributed by atoms with E-state index in [9.17, 15) is 22.4 Å². The number of hydrogen-bond donors (Lipinski definition) is 1. The minimum Gasteiger partial charge on any atom is -0.481 e. The Kier molecular flexibility index (Phi) is 3.42. The van der Waals surface area contributed by atoms with Crippen molar-refractivity contribution in [1.29, 1.82) is 0 Å². The third-order valence-electron chi connectivity index (χ3n) is 1.79. The molecule has 0 heterocycles. The number of hydrogen-bond acceptors (Lipinski definition) is 1. The maximum atomic E-state index is 12.7. The molecule has 0 aliphatic heterocycles. The number of halogens is 5. The van der Waals surface area contributed by atoms with E-state index in [2.05, 4.69) is 0 Å². The molecule has 0 atom stereocenters. The molecule has 0 spiro atoms. The molecule has 0 amide bonds. The van der Waals surface area contributed by atoms with E-state index >= 15 is 0 Å². The molecule has 0 radical (unpaired) electrons. The van der Waals surface area contributed by atoms with Crippen LogP contribution in [0.25, 0.3) is 0 Å². The predicted octanol–water partition coefficient (Wildman–Crippen LogP) is 3.13. The molecule has 0 fully saturated rings. The molecular formula is C9H5ClF4O2. The van der Waals surface area contributed by atoms with Crippen LogP contribution in [0.15, 0.2) is 12.1 Å². The van der Waals surface area contributed by atoms with Crippen LogP contribution in [0.5, 0.6) is 0 Å². The highest BCUT2D eigenvalue weighted by Crippen LogP contribution is 2.36. The van der Waals surface area contributed by atoms with Crippen molar-refractivity contribution in [3.05, 3.63) is 34.1 Å². The van der Waals surface area contributed by atoms with Gasteiger partial charge < -0.3 is 5.11 Å². The zero-order chi connectivity index (χ0) is 12.5. The molecule has 1 aromatic rings. The van der Waals surface area contributed by atoms with Crippen LogP contribution in [0.3, 0.4) is 0 Å². The predicted molar refractivity (Wildman–Crippen MR) is 47.8 cm³/mol. The van der Waals surface area contributed by atoms with Gasteiger partial charge in [-0.25, -0.2) is 4.39 Å². The third kappa shape index (κ3) is 2.85. The normalized spacial score (nSPS) is 11.6. The van der Waals surface area contributed by atoms with Gasteiger partial charge in [-0.2, -0.15) is 13.2 Å². The minimum atomic E-state index is -4.84. The van der Waals surface area contributed by atoms with Gasteiger partial charge in [0.1, 0.15) is 5.82 Å². The van der Waals surface area contributed by atoms with Crippen LogP contribution < -0.4 is 0 Å². The van der Waals surface area contributed by atoms with Crippen LogP contribution in [-0.2, 0) is 17.4 Å². The van der Waals surface area contributed by atoms with Crippen molar-refractivity contribution in [2.45, 2.75) is 12.6 Å². The molecule has 16 heavy (non-hydrogen) atoms. The summed E-state index contributed by atoms with van der Waals surface area (Å²) in [5.41, 5.74) is -2.00. The summed E-state index contributed by atoms with van der Waals surface area (Å²) in [4.78, 5) is 10.4. The third-order valence-corrected chi connectivity index (χ3v) is 2.13. The molecule has 1 aromatic carbocycles. The first-order valence-electron chi connectivity index (χ1n) is 3.98. The van der Waals surface area contributed by atoms with Gasteiger partial charge in [0.25, 0.3) is 0 Å². The maximum Gasteiger partial charge on any atom is 0.416 e. The summed E-state index contributed by atoms with van der Waals surface area (Å²) < 4.78 is 50.1. The van der Waals surface area contributed by atoms with E-state index in [0.29, 0.717) is 6.07 Å². The van der Waals surface area contributed by atoms with E-state index in [0.717, 1.165) is 0 Å². The number of benzene rings is 1. The molecule has 0 saturated carbocycles. The summed E-state index contributed by atoms with van der Waals surface area (Å²) in [5, 5.41) is 7.88. The minimum absolute atomic E-state index is 0.226. The summed E-state index contributed by atoms with van der Waals surface area (Å²) >= 11 is 5.38. The second-order valence-corrected chi connectivity index (χ2v) is 3.39. The Balaban J connectivity index is 3.38. The summed E-state index contributed by atoms with van der Waals surface area (Å²) in [6.07, 6.45) is -5.75. The van der Waals surface area contributed by atoms with Crippen LogP contribution in [0.2, 0.25) is 5.02 Å². The first-order valence-corrected chi connectivity index (χ1v) is 4.36. The van der Waals surface area contributed by atoms with E-state index in [1.54, 1.807) is 0 Å². The fourth-order valence-corrected chi connectivity index (χ4v) is 1.46. The zero-order valence-corrected chi connectivity index (χ0v) is 8.36. The molecular weight excluding hydrogens is 252 g/mol. The quantitative estimate of drug-likeness (QED) is 0.826. The number of carboxylic acid groups (broad SMARTS) is 1. The van der Waals surface area contributed by atoms with Gasteiger partial charge in [0.05, 0.1) is 12.0 Å². The van der Waals surface area contributed by atoms with E-state index < -0.39 is 40.5 Å². The van der Waals surface area contributed by atoms with Gasteiger partial charge in [0.15, 0.2) is 0 Å². The smallest absolute Gasteiger partial charge is 0.416 e. The van der Waals surface area contributed by atoms with Crippen LogP contribution in [-0.4, -0.2) is 11.1 Å². The van der Waals surface area contributed by atoms with Crippen LogP contribution >= 0.6 is 11.6 Å². The standard InChI is InChI=1S/C9H5ClF4O2/c10-7-2-4(11)1-6(9(12,13)14)5(7)3-8(15)16/h1-2H,3H2,(H,15,16). The zero-order valence-electron chi connectivity index (χ0n) is 7.61. The largest absolute Gasteiger partial charge is 0.481 e. The summed E-state index contributed by atoms with van der Waals surface area (Å²) in [5.74, 6) is -2.63. The van der Waals surface area contributed by atoms with Crippen molar-refractivity contribution < 1.29 is 27.5 Å². The van der Waals surface area contributed by atoms with Gasteiger partial charge in [-0.15, -0.1) is 0 Å². The molecule has 88 valence electrons. The highest BCUT2D eigenvalue weighted by atomic mass is 35.5. The van der Waals surface area contributed by atoms with Gasteiger partial charge in [-0.3, -0.25) is 4.79 Å². The highest BCUT2D eigenvalue weighted by Gasteiger charge is 2.35. The van der Waals surface area contributed by atoms with Crippen molar-refractivity contribution in [2.24, 2.45) is 0 Å². The molecule has 0 aromatic heterocycles. The van der Waals surface area contributed by atoms with E-state index in [-0.39, 0.29) is 6.07 Å². The fourth-order valence-electron chi connectivity index (χ4n) is 1.19. The molecule has 2 nitrogen and oxygen atoms in total. The fraction of sp³-hybridized carbons (Fsp3) is 0.222. The first-order chi connectivity index (χ1) is 7.21. The summed E-state index contributed by atoms with van der Waals surface area (Å²) in [6, 6.07) is 0.874. The lowest BCUT2D eigenvalue weighted by Crippen LogP contribution is -2.13. The molecule has 0 unspecified atom stereocenters. The maximum absolute atomic E-state index is 12.7. The monoisotopic (exact) mass is 256 g/mol. The van der Waals surface area contributed by atoms with Crippen molar-refractivity contribution in [3.8, 4) is 0 Å². The molecule has 0 aliphatic carbocycles. The molecule has 1 rings (SSSR count). The Bertz CT molecular complexity index is 428. The molecule has 7 heteroatoms. The average Bonchev–Trinajstić information content (AvgIpc) is 2.06. The second-order valence-electron chi connectivity index (χ2n) is 2.98. The lowest BCUT2D eigenvalue weighted by molar-refractivity contribution is -0.139. The van der Waals surface area contributed by atoms with E-state index in [4.69, 9.17) is 16.7 Å². The van der Waals surface area contributed by atoms with Crippen LogP contribution in [0, 0.1) is 5.82 Å². The lowest BCUT2D eigenvalue weighted by Gasteiger charge is -2.13. The number of carbonyl (C=O) groups is 1. The van der Waals surface area contributed by atoms with Gasteiger partial charge >= 0.3 is 12.1 Å². The second kappa shape index (κ2) is 4.29. The molecule has 1 N–H and O–H groups in total. The van der Waals surface area contributed by atoms with Crippen molar-refractivity contribution in [2.75, 3.05) is 0 Å². The average molecular weight is 257 g/mol. The van der Waals surface area contributed by atoms with Gasteiger partial charge in [0, 0.05) is 5.02 Å². The number of carboxylic acids is 1. The van der Waals surface area contributed by atoms with Crippen molar-refractivity contribution in [1.82, 2.24) is 0 Å². The molecule has 0 saturated heterocycles. The Labute approximate surface area is 92.4 Å².